The third-order valence-corrected chi connectivity index (χ3v) is 9.10. The highest BCUT2D eigenvalue weighted by Crippen LogP contribution is 2.40. The van der Waals surface area contributed by atoms with Crippen molar-refractivity contribution in [1.82, 2.24) is 14.6 Å². The average molecular weight is 701 g/mol. The van der Waals surface area contributed by atoms with E-state index in [4.69, 9.17) is 40.6 Å². The number of ether oxygens (including phenoxy) is 4. The van der Waals surface area contributed by atoms with E-state index in [9.17, 15) is 4.79 Å². The number of methoxy groups -OCH3 is 1. The van der Waals surface area contributed by atoms with Crippen LogP contribution in [0.15, 0.2) is 73.8 Å². The quantitative estimate of drug-likeness (QED) is 0.101. The van der Waals surface area contributed by atoms with Crippen molar-refractivity contribution in [2.75, 3.05) is 31.7 Å². The van der Waals surface area contributed by atoms with E-state index in [2.05, 4.69) is 31.0 Å². The zero-order valence-corrected chi connectivity index (χ0v) is 31.0. The number of nitrogens with zero attached hydrogens (tertiary/aromatic N) is 4. The van der Waals surface area contributed by atoms with E-state index in [1.54, 1.807) is 6.08 Å². The van der Waals surface area contributed by atoms with Gasteiger partial charge in [0.05, 0.1) is 42.3 Å². The molecule has 2 aromatic heterocycles. The number of benzene rings is 2. The molecule has 0 radical (unpaired) electrons. The minimum absolute atomic E-state index is 0.0479. The van der Waals surface area contributed by atoms with Gasteiger partial charge < -0.3 is 23.8 Å². The van der Waals surface area contributed by atoms with Gasteiger partial charge in [-0.25, -0.2) is 9.78 Å². The first-order valence-electron chi connectivity index (χ1n) is 17.1. The van der Waals surface area contributed by atoms with Crippen LogP contribution in [-0.2, 0) is 19.0 Å². The molecule has 0 N–H and O–H groups in total. The predicted molar refractivity (Wildman–Crippen MR) is 200 cm³/mol. The highest BCUT2D eigenvalue weighted by Gasteiger charge is 2.38. The maximum absolute atomic E-state index is 13.4. The fraction of sp³-hybridized carbons (Fsp3) is 0.425. The van der Waals surface area contributed by atoms with Crippen molar-refractivity contribution in [1.29, 1.82) is 0 Å². The number of rotatable bonds is 13. The second-order valence-corrected chi connectivity index (χ2v) is 14.5. The smallest absolute Gasteiger partial charge is 0.339 e. The summed E-state index contributed by atoms with van der Waals surface area (Å²) >= 11 is 6.48. The summed E-state index contributed by atoms with van der Waals surface area (Å²) in [6, 6.07) is 15.8. The summed E-state index contributed by atoms with van der Waals surface area (Å²) in [4.78, 5) is 20.6. The van der Waals surface area contributed by atoms with Crippen LogP contribution in [0.5, 0.6) is 5.75 Å². The van der Waals surface area contributed by atoms with E-state index in [1.165, 1.54) is 7.11 Å². The Morgan fingerprint density at radius 1 is 1.08 bits per heavy atom. The summed E-state index contributed by atoms with van der Waals surface area (Å²) in [5.74, 6) is 0.993. The van der Waals surface area contributed by atoms with Crippen molar-refractivity contribution in [2.24, 2.45) is 0 Å². The fourth-order valence-electron chi connectivity index (χ4n) is 6.32. The van der Waals surface area contributed by atoms with Crippen LogP contribution in [0.1, 0.15) is 71.2 Å². The Hall–Kier alpha value is -4.18. The van der Waals surface area contributed by atoms with Gasteiger partial charge in [-0.2, -0.15) is 9.61 Å². The maximum atomic E-state index is 13.4. The Bertz CT molecular complexity index is 1850. The molecule has 0 spiro atoms. The molecule has 3 heterocycles. The zero-order chi connectivity index (χ0) is 36.2. The van der Waals surface area contributed by atoms with E-state index in [1.807, 2.05) is 87.7 Å². The number of esters is 1. The average Bonchev–Trinajstić information content (AvgIpc) is 3.50. The number of aryl methyl sites for hydroxylation is 1. The van der Waals surface area contributed by atoms with Crippen LogP contribution in [0.2, 0.25) is 5.02 Å². The lowest BCUT2D eigenvalue weighted by atomic mass is 9.92. The number of anilines is 1. The molecule has 2 unspecified atom stereocenters. The molecule has 50 heavy (non-hydrogen) atoms. The van der Waals surface area contributed by atoms with Gasteiger partial charge in [0.1, 0.15) is 11.6 Å². The molecule has 1 aliphatic rings. The van der Waals surface area contributed by atoms with Crippen molar-refractivity contribution in [3.63, 3.8) is 0 Å². The van der Waals surface area contributed by atoms with Gasteiger partial charge in [-0.15, -0.1) is 13.2 Å². The van der Waals surface area contributed by atoms with Crippen molar-refractivity contribution < 1.29 is 23.7 Å². The lowest BCUT2D eigenvalue weighted by Gasteiger charge is -2.41. The number of carbonyl (C=O) groups excluding carboxylic acids is 1. The third-order valence-electron chi connectivity index (χ3n) is 8.86. The molecule has 0 amide bonds. The summed E-state index contributed by atoms with van der Waals surface area (Å²) in [6.45, 7) is 21.3. The second-order valence-electron chi connectivity index (χ2n) is 14.1. The zero-order valence-electron chi connectivity index (χ0n) is 30.3. The number of piperidine rings is 1. The molecule has 266 valence electrons. The summed E-state index contributed by atoms with van der Waals surface area (Å²) in [5, 5.41) is 5.76. The van der Waals surface area contributed by atoms with Crippen LogP contribution in [0.3, 0.4) is 0 Å². The highest BCUT2D eigenvalue weighted by atomic mass is 35.5. The monoisotopic (exact) mass is 700 g/mol. The summed E-state index contributed by atoms with van der Waals surface area (Å²) < 4.78 is 26.0. The normalized spacial score (nSPS) is 15.8. The van der Waals surface area contributed by atoms with E-state index in [-0.39, 0.29) is 11.7 Å². The molecular formula is C40H49ClN4O5. The minimum atomic E-state index is -1.02. The van der Waals surface area contributed by atoms with Gasteiger partial charge in [0.25, 0.3) is 0 Å². The first-order valence-corrected chi connectivity index (χ1v) is 17.5. The van der Waals surface area contributed by atoms with E-state index in [0.29, 0.717) is 41.6 Å². The Labute approximate surface area is 300 Å². The van der Waals surface area contributed by atoms with Crippen LogP contribution in [0, 0.1) is 6.92 Å². The van der Waals surface area contributed by atoms with Gasteiger partial charge in [-0.05, 0) is 84.2 Å². The van der Waals surface area contributed by atoms with Gasteiger partial charge in [-0.3, -0.25) is 0 Å². The number of aromatic nitrogens is 3. The molecule has 4 aromatic rings. The van der Waals surface area contributed by atoms with Gasteiger partial charge in [0, 0.05) is 47.4 Å². The van der Waals surface area contributed by atoms with Gasteiger partial charge in [-0.1, -0.05) is 42.0 Å². The number of hydrogen-bond donors (Lipinski definition) is 0. The maximum Gasteiger partial charge on any atom is 0.339 e. The van der Waals surface area contributed by atoms with Crippen molar-refractivity contribution in [3.05, 3.63) is 90.1 Å². The first kappa shape index (κ1) is 37.1. The van der Waals surface area contributed by atoms with Gasteiger partial charge in [0.2, 0.25) is 0 Å². The Balaban J connectivity index is 1.64. The van der Waals surface area contributed by atoms with E-state index in [0.717, 1.165) is 53.2 Å². The predicted octanol–water partition coefficient (Wildman–Crippen LogP) is 8.96. The van der Waals surface area contributed by atoms with Crippen LogP contribution in [0.25, 0.3) is 28.0 Å². The molecule has 2 aromatic carbocycles. The largest absolute Gasteiger partial charge is 0.490 e. The molecule has 5 rings (SSSR count). The highest BCUT2D eigenvalue weighted by molar-refractivity contribution is 6.31. The molecule has 9 nitrogen and oxygen atoms in total. The topological polar surface area (TPSA) is 87.4 Å². The standard InChI is InChI=1S/C40H49ClN4O5/c1-10-13-26(3)49-33-17-16-30(41)24-31(33)28-14-12-15-29(23-28)32-25-34-42-27(4)35(36(38(46)47-9)50-39(5,6)7)37(45(34)43-32)44-20-18-40(8,19-21-44)48-22-11-2/h10-12,14-17,23-26,36H,1-2,13,18-22H2,3-9H3. The number of hydrogen-bond acceptors (Lipinski definition) is 8. The summed E-state index contributed by atoms with van der Waals surface area (Å²) in [5.41, 5.74) is 4.45. The number of carbonyl (C=O) groups is 1. The van der Waals surface area contributed by atoms with Crippen molar-refractivity contribution in [3.8, 4) is 28.1 Å². The molecule has 10 heteroatoms. The van der Waals surface area contributed by atoms with E-state index < -0.39 is 17.7 Å². The Morgan fingerprint density at radius 3 is 2.46 bits per heavy atom. The van der Waals surface area contributed by atoms with Gasteiger partial charge >= 0.3 is 5.97 Å². The Morgan fingerprint density at radius 2 is 1.80 bits per heavy atom. The summed E-state index contributed by atoms with van der Waals surface area (Å²) in [7, 11) is 1.38. The molecule has 0 saturated carbocycles. The molecule has 0 bridgehead atoms. The molecule has 0 aliphatic carbocycles. The molecular weight excluding hydrogens is 652 g/mol. The van der Waals surface area contributed by atoms with Crippen LogP contribution in [-0.4, -0.2) is 64.7 Å². The Kier molecular flexibility index (Phi) is 11.4. The molecule has 2 atom stereocenters. The van der Waals surface area contributed by atoms with Gasteiger partial charge in [0.15, 0.2) is 11.8 Å². The SMILES string of the molecule is C=CCOC1(C)CCN(c2c(C(OC(C)(C)C)C(=O)OC)c(C)nc3cc(-c4cccc(-c5cc(Cl)ccc5OC(C)CC=C)c4)nn23)CC1. The lowest BCUT2D eigenvalue weighted by molar-refractivity contribution is -0.164. The number of fused-ring (bicyclic) bond motifs is 1. The van der Waals surface area contributed by atoms with E-state index >= 15 is 0 Å². The lowest BCUT2D eigenvalue weighted by Crippen LogP contribution is -2.45. The molecule has 1 saturated heterocycles. The number of halogens is 1. The van der Waals surface area contributed by atoms with Crippen LogP contribution >= 0.6 is 11.6 Å². The molecule has 1 fully saturated rings. The van der Waals surface area contributed by atoms with Crippen molar-refractivity contribution >= 4 is 29.0 Å². The van der Waals surface area contributed by atoms with Crippen LogP contribution < -0.4 is 9.64 Å². The first-order chi connectivity index (χ1) is 23.8. The van der Waals surface area contributed by atoms with Crippen LogP contribution in [0.4, 0.5) is 5.82 Å². The third kappa shape index (κ3) is 8.40. The second kappa shape index (κ2) is 15.4. The fourth-order valence-corrected chi connectivity index (χ4v) is 6.50. The summed E-state index contributed by atoms with van der Waals surface area (Å²) in [6.07, 6.45) is 4.83. The molecule has 1 aliphatic heterocycles. The van der Waals surface area contributed by atoms with Crippen molar-refractivity contribution in [2.45, 2.75) is 84.2 Å². The minimum Gasteiger partial charge on any atom is -0.490 e.